The Morgan fingerprint density at radius 1 is 1.39 bits per heavy atom. The molecule has 2 rings (SSSR count). The highest BCUT2D eigenvalue weighted by atomic mass is 79.9. The molecule has 1 nitrogen and oxygen atoms in total. The van der Waals surface area contributed by atoms with Crippen LogP contribution in [0.2, 0.25) is 0 Å². The Balaban J connectivity index is 2.30. The van der Waals surface area contributed by atoms with Crippen LogP contribution in [-0.4, -0.2) is 5.11 Å². The van der Waals surface area contributed by atoms with E-state index in [0.29, 0.717) is 10.9 Å². The number of aryl methyl sites for hydroxylation is 1. The predicted molar refractivity (Wildman–Crippen MR) is 76.4 cm³/mol. The van der Waals surface area contributed by atoms with Gasteiger partial charge in [-0.05, 0) is 48.6 Å². The fourth-order valence-electron chi connectivity index (χ4n) is 2.04. The lowest BCUT2D eigenvalue weighted by Gasteiger charge is -2.24. The molecule has 0 spiro atoms. The quantitative estimate of drug-likeness (QED) is 0.884. The van der Waals surface area contributed by atoms with Crippen LogP contribution in [0.25, 0.3) is 0 Å². The highest BCUT2D eigenvalue weighted by Crippen LogP contribution is 2.34. The SMILES string of the molecule is Cc1ccsc1C(C)(O)Cc1ccc(F)cc1Br. The van der Waals surface area contributed by atoms with Crippen LogP contribution >= 0.6 is 27.3 Å². The molecular formula is C14H14BrFOS. The molecule has 0 saturated heterocycles. The normalized spacial score (nSPS) is 14.5. The van der Waals surface area contributed by atoms with Gasteiger partial charge in [-0.1, -0.05) is 22.0 Å². The number of hydrogen-bond donors (Lipinski definition) is 1. The van der Waals surface area contributed by atoms with Gasteiger partial charge in [-0.15, -0.1) is 11.3 Å². The minimum Gasteiger partial charge on any atom is -0.384 e. The Hall–Kier alpha value is -0.710. The zero-order chi connectivity index (χ0) is 13.3. The summed E-state index contributed by atoms with van der Waals surface area (Å²) in [6.45, 7) is 3.78. The summed E-state index contributed by atoms with van der Waals surface area (Å²) in [5.74, 6) is -0.280. The molecule has 0 bridgehead atoms. The standard InChI is InChI=1S/C14H14BrFOS/c1-9-5-6-18-13(9)14(2,17)8-10-3-4-11(16)7-12(10)15/h3-7,17H,8H2,1-2H3. The van der Waals surface area contributed by atoms with E-state index in [0.717, 1.165) is 16.0 Å². The fraction of sp³-hybridized carbons (Fsp3) is 0.286. The van der Waals surface area contributed by atoms with Crippen LogP contribution in [0.4, 0.5) is 4.39 Å². The van der Waals surface area contributed by atoms with E-state index in [9.17, 15) is 9.50 Å². The number of benzene rings is 1. The van der Waals surface area contributed by atoms with Gasteiger partial charge in [-0.25, -0.2) is 4.39 Å². The van der Waals surface area contributed by atoms with E-state index < -0.39 is 5.60 Å². The maximum atomic E-state index is 13.0. The number of hydrogen-bond acceptors (Lipinski definition) is 2. The molecule has 1 unspecified atom stereocenters. The van der Waals surface area contributed by atoms with Gasteiger partial charge in [0, 0.05) is 15.8 Å². The lowest BCUT2D eigenvalue weighted by Crippen LogP contribution is -2.24. The second-order valence-corrected chi connectivity index (χ2v) is 6.39. The van der Waals surface area contributed by atoms with Crippen molar-refractivity contribution in [2.45, 2.75) is 25.9 Å². The summed E-state index contributed by atoms with van der Waals surface area (Å²) in [5.41, 5.74) is 1.05. The van der Waals surface area contributed by atoms with Gasteiger partial charge >= 0.3 is 0 Å². The predicted octanol–water partition coefficient (Wildman–Crippen LogP) is 4.41. The van der Waals surface area contributed by atoms with Gasteiger partial charge in [0.25, 0.3) is 0 Å². The van der Waals surface area contributed by atoms with E-state index >= 15 is 0 Å². The maximum Gasteiger partial charge on any atom is 0.124 e. The molecular weight excluding hydrogens is 315 g/mol. The Kier molecular flexibility index (Phi) is 3.90. The molecule has 1 N–H and O–H groups in total. The Morgan fingerprint density at radius 2 is 2.11 bits per heavy atom. The molecule has 0 aliphatic heterocycles. The first-order valence-electron chi connectivity index (χ1n) is 5.61. The van der Waals surface area contributed by atoms with Gasteiger partial charge in [-0.2, -0.15) is 0 Å². The number of thiophene rings is 1. The zero-order valence-electron chi connectivity index (χ0n) is 10.2. The van der Waals surface area contributed by atoms with E-state index in [1.165, 1.54) is 12.1 Å². The molecule has 0 amide bonds. The molecule has 0 fully saturated rings. The van der Waals surface area contributed by atoms with Crippen LogP contribution < -0.4 is 0 Å². The van der Waals surface area contributed by atoms with Crippen LogP contribution in [0.5, 0.6) is 0 Å². The Bertz CT molecular complexity index is 563. The van der Waals surface area contributed by atoms with Gasteiger partial charge in [-0.3, -0.25) is 0 Å². The first-order valence-corrected chi connectivity index (χ1v) is 7.28. The van der Waals surface area contributed by atoms with Gasteiger partial charge in [0.15, 0.2) is 0 Å². The van der Waals surface area contributed by atoms with Crippen LogP contribution in [0, 0.1) is 12.7 Å². The second kappa shape index (κ2) is 5.11. The van der Waals surface area contributed by atoms with Gasteiger partial charge < -0.3 is 5.11 Å². The Labute approximate surface area is 118 Å². The van der Waals surface area contributed by atoms with Crippen molar-refractivity contribution in [1.29, 1.82) is 0 Å². The van der Waals surface area contributed by atoms with E-state index in [2.05, 4.69) is 15.9 Å². The number of aliphatic hydroxyl groups is 1. The van der Waals surface area contributed by atoms with Crippen molar-refractivity contribution in [3.8, 4) is 0 Å². The first-order chi connectivity index (χ1) is 8.40. The van der Waals surface area contributed by atoms with Crippen molar-refractivity contribution >= 4 is 27.3 Å². The average molecular weight is 329 g/mol. The van der Waals surface area contributed by atoms with Crippen molar-refractivity contribution in [3.63, 3.8) is 0 Å². The Morgan fingerprint density at radius 3 is 2.67 bits per heavy atom. The summed E-state index contributed by atoms with van der Waals surface area (Å²) in [6, 6.07) is 6.54. The van der Waals surface area contributed by atoms with E-state index in [1.807, 2.05) is 18.4 Å². The molecule has 96 valence electrons. The molecule has 0 aliphatic rings. The zero-order valence-corrected chi connectivity index (χ0v) is 12.6. The van der Waals surface area contributed by atoms with Crippen LogP contribution in [0.1, 0.15) is 22.9 Å². The van der Waals surface area contributed by atoms with Gasteiger partial charge in [0.05, 0.1) is 0 Å². The smallest absolute Gasteiger partial charge is 0.124 e. The van der Waals surface area contributed by atoms with Crippen LogP contribution in [0.3, 0.4) is 0 Å². The highest BCUT2D eigenvalue weighted by Gasteiger charge is 2.27. The molecule has 1 aromatic carbocycles. The van der Waals surface area contributed by atoms with Crippen molar-refractivity contribution in [2.24, 2.45) is 0 Å². The third kappa shape index (κ3) is 2.82. The largest absolute Gasteiger partial charge is 0.384 e. The minimum atomic E-state index is -0.932. The lowest BCUT2D eigenvalue weighted by molar-refractivity contribution is 0.0607. The summed E-state index contributed by atoms with van der Waals surface area (Å²) >= 11 is 4.88. The fourth-order valence-corrected chi connectivity index (χ4v) is 3.52. The molecule has 1 atom stereocenters. The molecule has 0 saturated carbocycles. The monoisotopic (exact) mass is 328 g/mol. The lowest BCUT2D eigenvalue weighted by atomic mass is 9.93. The average Bonchev–Trinajstić information content (AvgIpc) is 2.69. The van der Waals surface area contributed by atoms with E-state index in [-0.39, 0.29) is 5.82 Å². The molecule has 2 aromatic rings. The van der Waals surface area contributed by atoms with Crippen LogP contribution in [-0.2, 0) is 12.0 Å². The van der Waals surface area contributed by atoms with Crippen molar-refractivity contribution in [2.75, 3.05) is 0 Å². The maximum absolute atomic E-state index is 13.0. The first kappa shape index (κ1) is 13.7. The van der Waals surface area contributed by atoms with Crippen LogP contribution in [0.15, 0.2) is 34.1 Å². The van der Waals surface area contributed by atoms with Gasteiger partial charge in [0.1, 0.15) is 11.4 Å². The molecule has 0 aliphatic carbocycles. The molecule has 1 heterocycles. The second-order valence-electron chi connectivity index (χ2n) is 4.62. The number of halogens is 2. The molecule has 18 heavy (non-hydrogen) atoms. The minimum absolute atomic E-state index is 0.280. The van der Waals surface area contributed by atoms with E-state index in [1.54, 1.807) is 24.3 Å². The summed E-state index contributed by atoms with van der Waals surface area (Å²) in [5, 5.41) is 12.6. The summed E-state index contributed by atoms with van der Waals surface area (Å²) in [7, 11) is 0. The third-order valence-electron chi connectivity index (χ3n) is 2.90. The molecule has 1 aromatic heterocycles. The summed E-state index contributed by atoms with van der Waals surface area (Å²) in [6.07, 6.45) is 0.454. The topological polar surface area (TPSA) is 20.2 Å². The summed E-state index contributed by atoms with van der Waals surface area (Å²) in [4.78, 5) is 0.957. The number of rotatable bonds is 3. The van der Waals surface area contributed by atoms with Crippen molar-refractivity contribution in [1.82, 2.24) is 0 Å². The molecule has 0 radical (unpaired) electrons. The molecule has 4 heteroatoms. The highest BCUT2D eigenvalue weighted by molar-refractivity contribution is 9.10. The van der Waals surface area contributed by atoms with Crippen molar-refractivity contribution < 1.29 is 9.50 Å². The van der Waals surface area contributed by atoms with Gasteiger partial charge in [0.2, 0.25) is 0 Å². The van der Waals surface area contributed by atoms with Crippen molar-refractivity contribution in [3.05, 3.63) is 55.9 Å². The third-order valence-corrected chi connectivity index (χ3v) is 4.91. The van der Waals surface area contributed by atoms with E-state index in [4.69, 9.17) is 0 Å². The summed E-state index contributed by atoms with van der Waals surface area (Å²) < 4.78 is 13.7.